The maximum atomic E-state index is 15.0. The number of methoxy groups -OCH3 is 1. The van der Waals surface area contributed by atoms with Crippen molar-refractivity contribution in [2.24, 2.45) is 5.41 Å². The molecule has 43 heavy (non-hydrogen) atoms. The summed E-state index contributed by atoms with van der Waals surface area (Å²) in [5.41, 5.74) is 0.853. The number of halogens is 2. The molecule has 0 spiro atoms. The quantitative estimate of drug-likeness (QED) is 0.130. The number of carbonyl (C=O) groups excluding carboxylic acids is 2. The molecule has 0 atom stereocenters. The first kappa shape index (κ1) is 29.8. The number of hydrogen-bond acceptors (Lipinski definition) is 7. The Bertz CT molecular complexity index is 1960. The van der Waals surface area contributed by atoms with Gasteiger partial charge < -0.3 is 23.8 Å². The van der Waals surface area contributed by atoms with E-state index in [1.54, 1.807) is 65.1 Å². The van der Waals surface area contributed by atoms with Gasteiger partial charge in [0, 0.05) is 39.7 Å². The molecule has 0 bridgehead atoms. The van der Waals surface area contributed by atoms with E-state index in [4.69, 9.17) is 25.8 Å². The number of aromatic amines is 1. The lowest BCUT2D eigenvalue weighted by Gasteiger charge is -2.17. The molecule has 222 valence electrons. The fourth-order valence-electron chi connectivity index (χ4n) is 4.74. The van der Waals surface area contributed by atoms with Gasteiger partial charge in [-0.05, 0) is 75.7 Å². The van der Waals surface area contributed by atoms with Gasteiger partial charge in [0.05, 0.1) is 30.1 Å². The summed E-state index contributed by atoms with van der Waals surface area (Å²) in [6.45, 7) is 5.92. The molecule has 0 amide bonds. The maximum absolute atomic E-state index is 15.0. The van der Waals surface area contributed by atoms with Gasteiger partial charge in [0.25, 0.3) is 5.56 Å². The number of esters is 2. The number of hydrogen-bond donors (Lipinski definition) is 1. The van der Waals surface area contributed by atoms with Crippen LogP contribution in [0, 0.1) is 18.2 Å². The van der Waals surface area contributed by atoms with Gasteiger partial charge in [-0.3, -0.25) is 9.59 Å². The minimum Gasteiger partial charge on any atom is -0.497 e. The average molecular weight is 606 g/mol. The van der Waals surface area contributed by atoms with Crippen molar-refractivity contribution >= 4 is 45.3 Å². The van der Waals surface area contributed by atoms with Crippen LogP contribution in [0.1, 0.15) is 42.4 Å². The van der Waals surface area contributed by atoms with Crippen molar-refractivity contribution in [1.29, 1.82) is 0 Å². The minimum atomic E-state index is -0.885. The van der Waals surface area contributed by atoms with Crippen LogP contribution in [0.25, 0.3) is 32.9 Å². The lowest BCUT2D eigenvalue weighted by molar-refractivity contribution is -0.161. The van der Waals surface area contributed by atoms with E-state index in [2.05, 4.69) is 9.97 Å². The highest BCUT2D eigenvalue weighted by molar-refractivity contribution is 6.30. The molecule has 0 saturated heterocycles. The molecule has 1 N–H and O–H groups in total. The van der Waals surface area contributed by atoms with Crippen LogP contribution >= 0.6 is 11.6 Å². The second-order valence-corrected chi connectivity index (χ2v) is 11.4. The fraction of sp³-hybridized carbons (Fsp3) is 0.250. The van der Waals surface area contributed by atoms with Gasteiger partial charge in [-0.25, -0.2) is 14.2 Å². The summed E-state index contributed by atoms with van der Waals surface area (Å²) in [6, 6.07) is 13.2. The molecule has 0 aliphatic carbocycles. The summed E-state index contributed by atoms with van der Waals surface area (Å²) < 4.78 is 32.5. The van der Waals surface area contributed by atoms with E-state index in [-0.39, 0.29) is 28.5 Å². The summed E-state index contributed by atoms with van der Waals surface area (Å²) in [6.07, 6.45) is 1.47. The number of ether oxygens (including phenoxy) is 3. The summed E-state index contributed by atoms with van der Waals surface area (Å²) >= 11 is 6.63. The third-order valence-electron chi connectivity index (χ3n) is 7.00. The number of benzene rings is 2. The second-order valence-electron chi connectivity index (χ2n) is 11.1. The van der Waals surface area contributed by atoms with E-state index in [9.17, 15) is 14.4 Å². The zero-order chi connectivity index (χ0) is 31.1. The zero-order valence-corrected chi connectivity index (χ0v) is 25.0. The molecule has 0 saturated carbocycles. The lowest BCUT2D eigenvalue weighted by Crippen LogP contribution is -2.25. The van der Waals surface area contributed by atoms with Crippen molar-refractivity contribution in [2.75, 3.05) is 13.9 Å². The molecule has 11 heteroatoms. The summed E-state index contributed by atoms with van der Waals surface area (Å²) in [7, 11) is 1.55. The normalized spacial score (nSPS) is 11.6. The Morgan fingerprint density at radius 3 is 2.56 bits per heavy atom. The third kappa shape index (κ3) is 5.83. The van der Waals surface area contributed by atoms with Crippen molar-refractivity contribution in [3.05, 3.63) is 92.9 Å². The molecule has 0 fully saturated rings. The molecule has 3 heterocycles. The van der Waals surface area contributed by atoms with Gasteiger partial charge in [0.2, 0.25) is 6.79 Å². The molecule has 0 aliphatic rings. The molecule has 3 aromatic heterocycles. The Morgan fingerprint density at radius 2 is 1.86 bits per heavy atom. The van der Waals surface area contributed by atoms with E-state index in [1.807, 2.05) is 12.1 Å². The van der Waals surface area contributed by atoms with Gasteiger partial charge in [-0.15, -0.1) is 0 Å². The Hall–Kier alpha value is -4.70. The van der Waals surface area contributed by atoms with Gasteiger partial charge in [-0.1, -0.05) is 11.6 Å². The molecule has 2 aromatic carbocycles. The van der Waals surface area contributed by atoms with Crippen molar-refractivity contribution in [3.63, 3.8) is 0 Å². The number of nitrogens with one attached hydrogen (secondary N) is 1. The van der Waals surface area contributed by atoms with Crippen molar-refractivity contribution < 1.29 is 28.2 Å². The highest BCUT2D eigenvalue weighted by atomic mass is 35.5. The molecule has 5 aromatic rings. The number of rotatable bonds is 7. The number of pyridine rings is 2. The van der Waals surface area contributed by atoms with Crippen LogP contribution in [0.4, 0.5) is 4.39 Å². The van der Waals surface area contributed by atoms with Crippen molar-refractivity contribution in [2.45, 2.75) is 34.2 Å². The average Bonchev–Trinajstić information content (AvgIpc) is 3.25. The third-order valence-corrected chi connectivity index (χ3v) is 7.32. The monoisotopic (exact) mass is 605 g/mol. The first-order valence-corrected chi connectivity index (χ1v) is 13.7. The minimum absolute atomic E-state index is 0.0241. The summed E-state index contributed by atoms with van der Waals surface area (Å²) in [5, 5.41) is 1.37. The van der Waals surface area contributed by atoms with E-state index >= 15 is 4.39 Å². The second kappa shape index (κ2) is 11.5. The van der Waals surface area contributed by atoms with E-state index < -0.39 is 35.5 Å². The van der Waals surface area contributed by atoms with Crippen LogP contribution in [-0.4, -0.2) is 40.4 Å². The standard InChI is InChI=1S/C32H29ClFN3O6/c1-17-11-22-25(14-23(17)34)37(15-19-12-18-8-9-20(41-5)13-24(18)36-28(19)33)27(26(22)21-7-6-10-35-29(21)38)30(39)42-16-43-31(40)32(2,3)4/h6-14H,15-16H2,1-5H3,(H,35,38). The SMILES string of the molecule is COc1ccc2cc(Cn3c(C(=O)OCOC(=O)C(C)(C)C)c(-c4ccc[nH]c4=O)c4cc(C)c(F)cc43)c(Cl)nc2c1. The molecular weight excluding hydrogens is 577 g/mol. The number of carbonyl (C=O) groups is 2. The van der Waals surface area contributed by atoms with Gasteiger partial charge in [0.1, 0.15) is 22.4 Å². The van der Waals surface area contributed by atoms with Gasteiger partial charge >= 0.3 is 11.9 Å². The first-order chi connectivity index (χ1) is 20.4. The van der Waals surface area contributed by atoms with Gasteiger partial charge in [0.15, 0.2) is 0 Å². The number of aryl methyl sites for hydroxylation is 1. The summed E-state index contributed by atoms with van der Waals surface area (Å²) in [5.74, 6) is -1.35. The van der Waals surface area contributed by atoms with Crippen molar-refractivity contribution in [1.82, 2.24) is 14.5 Å². The number of H-pyrrole nitrogens is 1. The predicted octanol–water partition coefficient (Wildman–Crippen LogP) is 6.41. The Labute approximate surface area is 251 Å². The Morgan fingerprint density at radius 1 is 1.09 bits per heavy atom. The van der Waals surface area contributed by atoms with Crippen LogP contribution in [-0.2, 0) is 20.8 Å². The summed E-state index contributed by atoms with van der Waals surface area (Å²) in [4.78, 5) is 46.2. The van der Waals surface area contributed by atoms with Crippen LogP contribution in [0.5, 0.6) is 5.75 Å². The molecular formula is C32H29ClFN3O6. The zero-order valence-electron chi connectivity index (χ0n) is 24.2. The fourth-order valence-corrected chi connectivity index (χ4v) is 4.95. The Kier molecular flexibility index (Phi) is 7.98. The molecule has 5 rings (SSSR count). The van der Waals surface area contributed by atoms with Crippen molar-refractivity contribution in [3.8, 4) is 16.9 Å². The number of aromatic nitrogens is 3. The van der Waals surface area contributed by atoms with Crippen LogP contribution in [0.15, 0.2) is 59.5 Å². The van der Waals surface area contributed by atoms with Crippen LogP contribution in [0.2, 0.25) is 5.15 Å². The lowest BCUT2D eigenvalue weighted by atomic mass is 9.98. The van der Waals surface area contributed by atoms with Gasteiger partial charge in [-0.2, -0.15) is 0 Å². The number of nitrogens with zero attached hydrogens (tertiary/aromatic N) is 2. The topological polar surface area (TPSA) is 113 Å². The van der Waals surface area contributed by atoms with E-state index in [1.165, 1.54) is 16.8 Å². The first-order valence-electron chi connectivity index (χ1n) is 13.4. The Balaban J connectivity index is 1.71. The van der Waals surface area contributed by atoms with Crippen LogP contribution in [0.3, 0.4) is 0 Å². The highest BCUT2D eigenvalue weighted by Gasteiger charge is 2.29. The molecule has 0 unspecified atom stereocenters. The maximum Gasteiger partial charge on any atom is 0.358 e. The molecule has 0 radical (unpaired) electrons. The van der Waals surface area contributed by atoms with Crippen LogP contribution < -0.4 is 10.3 Å². The highest BCUT2D eigenvalue weighted by Crippen LogP contribution is 2.37. The number of fused-ring (bicyclic) bond motifs is 2. The largest absolute Gasteiger partial charge is 0.497 e. The predicted molar refractivity (Wildman–Crippen MR) is 161 cm³/mol. The smallest absolute Gasteiger partial charge is 0.358 e. The van der Waals surface area contributed by atoms with E-state index in [0.29, 0.717) is 33.3 Å². The molecule has 0 aliphatic heterocycles. The molecule has 9 nitrogen and oxygen atoms in total. The van der Waals surface area contributed by atoms with E-state index in [0.717, 1.165) is 5.39 Å².